The molecule has 3 fully saturated rings. The van der Waals surface area contributed by atoms with Crippen LogP contribution in [0.4, 0.5) is 4.79 Å². The van der Waals surface area contributed by atoms with Crippen molar-refractivity contribution in [3.63, 3.8) is 0 Å². The maximum Gasteiger partial charge on any atom is 0.409 e. The third kappa shape index (κ3) is 3.38. The first kappa shape index (κ1) is 17.2. The summed E-state index contributed by atoms with van der Waals surface area (Å²) in [5, 5.41) is 0.630. The second-order valence-electron chi connectivity index (χ2n) is 7.86. The molecule has 0 radical (unpaired) electrons. The van der Waals surface area contributed by atoms with E-state index in [1.165, 1.54) is 12.8 Å². The van der Waals surface area contributed by atoms with Gasteiger partial charge in [0.05, 0.1) is 12.8 Å². The van der Waals surface area contributed by atoms with Gasteiger partial charge in [-0.25, -0.2) is 9.78 Å². The Labute approximate surface area is 153 Å². The maximum atomic E-state index is 11.9. The SMILES string of the molecule is CCOC(=O)N1CCC2(CC(N3CCC(c4ncc(Cl)[nH]4)CC3)C2)C1. The minimum atomic E-state index is -0.138. The largest absolute Gasteiger partial charge is 0.450 e. The van der Waals surface area contributed by atoms with Crippen LogP contribution in [-0.4, -0.2) is 64.7 Å². The highest BCUT2D eigenvalue weighted by molar-refractivity contribution is 6.29. The number of hydrogen-bond acceptors (Lipinski definition) is 4. The van der Waals surface area contributed by atoms with Crippen molar-refractivity contribution in [2.24, 2.45) is 5.41 Å². The molecule has 1 aliphatic carbocycles. The number of carbonyl (C=O) groups is 1. The molecule has 1 N–H and O–H groups in total. The van der Waals surface area contributed by atoms with E-state index in [0.717, 1.165) is 51.3 Å². The fraction of sp³-hybridized carbons (Fsp3) is 0.778. The van der Waals surface area contributed by atoms with Gasteiger partial charge in [-0.1, -0.05) is 11.6 Å². The molecule has 3 heterocycles. The predicted molar refractivity (Wildman–Crippen MR) is 95.8 cm³/mol. The number of carbonyl (C=O) groups excluding carboxylic acids is 1. The molecule has 1 amide bonds. The van der Waals surface area contributed by atoms with Gasteiger partial charge < -0.3 is 19.5 Å². The molecule has 138 valence electrons. The Morgan fingerprint density at radius 1 is 1.40 bits per heavy atom. The first-order valence-corrected chi connectivity index (χ1v) is 9.82. The number of imidazole rings is 1. The molecule has 1 spiro atoms. The van der Waals surface area contributed by atoms with Crippen LogP contribution in [0.2, 0.25) is 5.15 Å². The van der Waals surface area contributed by atoms with Crippen molar-refractivity contribution in [1.82, 2.24) is 19.8 Å². The minimum absolute atomic E-state index is 0.138. The van der Waals surface area contributed by atoms with Crippen LogP contribution in [0, 0.1) is 5.41 Å². The Bertz CT molecular complexity index is 620. The second-order valence-corrected chi connectivity index (χ2v) is 8.27. The van der Waals surface area contributed by atoms with Crippen LogP contribution in [-0.2, 0) is 4.74 Å². The Morgan fingerprint density at radius 3 is 2.80 bits per heavy atom. The van der Waals surface area contributed by atoms with E-state index in [9.17, 15) is 4.79 Å². The first-order valence-electron chi connectivity index (χ1n) is 9.45. The van der Waals surface area contributed by atoms with Crippen molar-refractivity contribution in [1.29, 1.82) is 0 Å². The smallest absolute Gasteiger partial charge is 0.409 e. The molecule has 25 heavy (non-hydrogen) atoms. The van der Waals surface area contributed by atoms with Gasteiger partial charge in [-0.15, -0.1) is 0 Å². The normalized spacial score (nSPS) is 30.6. The molecule has 1 aromatic heterocycles. The van der Waals surface area contributed by atoms with Crippen molar-refractivity contribution < 1.29 is 9.53 Å². The number of hydrogen-bond donors (Lipinski definition) is 1. The summed E-state index contributed by atoms with van der Waals surface area (Å²) in [6, 6.07) is 0.684. The van der Waals surface area contributed by atoms with Gasteiger partial charge >= 0.3 is 6.09 Å². The number of rotatable bonds is 3. The molecule has 6 nitrogen and oxygen atoms in total. The third-order valence-corrected chi connectivity index (χ3v) is 6.49. The van der Waals surface area contributed by atoms with Gasteiger partial charge in [-0.3, -0.25) is 0 Å². The van der Waals surface area contributed by atoms with Gasteiger partial charge in [0.15, 0.2) is 0 Å². The van der Waals surface area contributed by atoms with Crippen molar-refractivity contribution in [2.75, 3.05) is 32.8 Å². The van der Waals surface area contributed by atoms with Crippen molar-refractivity contribution >= 4 is 17.7 Å². The lowest BCUT2D eigenvalue weighted by molar-refractivity contribution is -0.00504. The van der Waals surface area contributed by atoms with Gasteiger partial charge in [0.1, 0.15) is 11.0 Å². The quantitative estimate of drug-likeness (QED) is 0.891. The summed E-state index contributed by atoms with van der Waals surface area (Å²) >= 11 is 5.95. The zero-order valence-corrected chi connectivity index (χ0v) is 15.6. The number of aromatic amines is 1. The molecular formula is C18H27ClN4O2. The average molecular weight is 367 g/mol. The molecule has 7 heteroatoms. The fourth-order valence-corrected chi connectivity index (χ4v) is 5.04. The molecule has 0 bridgehead atoms. The van der Waals surface area contributed by atoms with Crippen molar-refractivity contribution in [3.05, 3.63) is 17.2 Å². The van der Waals surface area contributed by atoms with Crippen LogP contribution in [0.15, 0.2) is 6.20 Å². The molecule has 2 saturated heterocycles. The number of halogens is 1. The molecule has 0 atom stereocenters. The predicted octanol–water partition coefficient (Wildman–Crippen LogP) is 3.25. The summed E-state index contributed by atoms with van der Waals surface area (Å²) < 4.78 is 5.14. The van der Waals surface area contributed by atoms with Gasteiger partial charge in [-0.2, -0.15) is 0 Å². The Kier molecular flexibility index (Phi) is 4.67. The van der Waals surface area contributed by atoms with Crippen LogP contribution < -0.4 is 0 Å². The van der Waals surface area contributed by atoms with Gasteiger partial charge in [0.25, 0.3) is 0 Å². The summed E-state index contributed by atoms with van der Waals surface area (Å²) in [6.07, 6.45) is 7.42. The van der Waals surface area contributed by atoms with Gasteiger partial charge in [0.2, 0.25) is 0 Å². The molecule has 4 rings (SSSR count). The van der Waals surface area contributed by atoms with E-state index in [-0.39, 0.29) is 6.09 Å². The molecule has 1 aromatic rings. The Morgan fingerprint density at radius 2 is 2.16 bits per heavy atom. The average Bonchev–Trinajstić information content (AvgIpc) is 3.21. The van der Waals surface area contributed by atoms with E-state index in [1.807, 2.05) is 11.8 Å². The molecule has 0 aromatic carbocycles. The zero-order chi connectivity index (χ0) is 17.4. The number of amides is 1. The summed E-state index contributed by atoms with van der Waals surface area (Å²) in [7, 11) is 0. The number of ether oxygens (including phenoxy) is 1. The van der Waals surface area contributed by atoms with Gasteiger partial charge in [-0.05, 0) is 57.5 Å². The molecule has 2 aliphatic heterocycles. The van der Waals surface area contributed by atoms with Gasteiger partial charge in [0, 0.05) is 25.0 Å². The van der Waals surface area contributed by atoms with E-state index in [2.05, 4.69) is 14.9 Å². The van der Waals surface area contributed by atoms with E-state index in [0.29, 0.717) is 29.1 Å². The van der Waals surface area contributed by atoms with Crippen LogP contribution in [0.1, 0.15) is 50.8 Å². The lowest BCUT2D eigenvalue weighted by atomic mass is 9.64. The molecular weight excluding hydrogens is 340 g/mol. The third-order valence-electron chi connectivity index (χ3n) is 6.30. The van der Waals surface area contributed by atoms with Crippen LogP contribution >= 0.6 is 11.6 Å². The number of aromatic nitrogens is 2. The minimum Gasteiger partial charge on any atom is -0.450 e. The number of nitrogens with one attached hydrogen (secondary N) is 1. The maximum absolute atomic E-state index is 11.9. The number of H-pyrrole nitrogens is 1. The van der Waals surface area contributed by atoms with Crippen LogP contribution in [0.25, 0.3) is 0 Å². The van der Waals surface area contributed by atoms with Crippen LogP contribution in [0.5, 0.6) is 0 Å². The lowest BCUT2D eigenvalue weighted by Crippen LogP contribution is -2.54. The molecule has 3 aliphatic rings. The first-order chi connectivity index (χ1) is 12.1. The lowest BCUT2D eigenvalue weighted by Gasteiger charge is -2.51. The van der Waals surface area contributed by atoms with E-state index in [4.69, 9.17) is 16.3 Å². The number of likely N-dealkylation sites (tertiary alicyclic amines) is 2. The topological polar surface area (TPSA) is 61.5 Å². The summed E-state index contributed by atoms with van der Waals surface area (Å²) in [5.41, 5.74) is 0.350. The van der Waals surface area contributed by atoms with E-state index >= 15 is 0 Å². The summed E-state index contributed by atoms with van der Waals surface area (Å²) in [4.78, 5) is 24.0. The highest BCUT2D eigenvalue weighted by Crippen LogP contribution is 2.50. The van der Waals surface area contributed by atoms with Crippen LogP contribution in [0.3, 0.4) is 0 Å². The van der Waals surface area contributed by atoms with E-state index in [1.54, 1.807) is 6.20 Å². The van der Waals surface area contributed by atoms with E-state index < -0.39 is 0 Å². The summed E-state index contributed by atoms with van der Waals surface area (Å²) in [6.45, 7) is 6.32. The monoisotopic (exact) mass is 366 g/mol. The number of piperidine rings is 1. The fourth-order valence-electron chi connectivity index (χ4n) is 4.90. The standard InChI is InChI=1S/C18H27ClN4O2/c1-2-25-17(24)23-8-5-18(12-23)9-14(10-18)22-6-3-13(4-7-22)16-20-11-15(19)21-16/h11,13-14H,2-10,12H2,1H3,(H,20,21). The molecule has 0 unspecified atom stereocenters. The highest BCUT2D eigenvalue weighted by Gasteiger charge is 2.51. The Balaban J connectivity index is 1.25. The van der Waals surface area contributed by atoms with Crippen molar-refractivity contribution in [2.45, 2.75) is 51.0 Å². The van der Waals surface area contributed by atoms with Crippen molar-refractivity contribution in [3.8, 4) is 0 Å². The summed E-state index contributed by atoms with van der Waals surface area (Å²) in [5.74, 6) is 1.54. The molecule has 1 saturated carbocycles. The number of nitrogens with zero attached hydrogens (tertiary/aromatic N) is 3. The zero-order valence-electron chi connectivity index (χ0n) is 14.8. The Hall–Kier alpha value is -1.27. The highest BCUT2D eigenvalue weighted by atomic mass is 35.5. The second kappa shape index (κ2) is 6.80.